The van der Waals surface area contributed by atoms with Crippen LogP contribution in [0.15, 0.2) is 133 Å². The van der Waals surface area contributed by atoms with Gasteiger partial charge in [0.1, 0.15) is 11.5 Å². The van der Waals surface area contributed by atoms with Crippen LogP contribution >= 0.6 is 7.14 Å². The molecule has 39 heavy (non-hydrogen) atoms. The van der Waals surface area contributed by atoms with Crippen LogP contribution in [0.4, 0.5) is 0 Å². The van der Waals surface area contributed by atoms with Gasteiger partial charge in [-0.25, -0.2) is 15.0 Å². The fourth-order valence-corrected chi connectivity index (χ4v) is 7.68. The minimum atomic E-state index is -3.24. The third-order valence-corrected chi connectivity index (χ3v) is 9.78. The third-order valence-electron chi connectivity index (χ3n) is 6.68. The van der Waals surface area contributed by atoms with E-state index in [-0.39, 0.29) is 0 Å². The lowest BCUT2D eigenvalue weighted by Crippen LogP contribution is -2.30. The van der Waals surface area contributed by atoms with E-state index in [9.17, 15) is 0 Å². The number of hydrogen-bond donors (Lipinski definition) is 0. The van der Waals surface area contributed by atoms with Gasteiger partial charge in [-0.05, 0) is 48.6 Å². The Morgan fingerprint density at radius 2 is 1.28 bits per heavy atom. The van der Waals surface area contributed by atoms with Gasteiger partial charge >= 0.3 is 0 Å². The van der Waals surface area contributed by atoms with Crippen molar-refractivity contribution in [3.8, 4) is 34.3 Å². The van der Waals surface area contributed by atoms with Crippen LogP contribution in [-0.2, 0) is 4.57 Å². The molecule has 2 heterocycles. The zero-order valence-electron chi connectivity index (χ0n) is 20.7. The van der Waals surface area contributed by atoms with Crippen LogP contribution < -0.4 is 20.7 Å². The van der Waals surface area contributed by atoms with E-state index in [1.807, 2.05) is 109 Å². The van der Waals surface area contributed by atoms with Crippen molar-refractivity contribution in [1.82, 2.24) is 15.0 Å². The first kappa shape index (κ1) is 23.1. The number of hydrogen-bond acceptors (Lipinski definition) is 5. The number of nitrogens with zero attached hydrogens (tertiary/aromatic N) is 3. The van der Waals surface area contributed by atoms with E-state index >= 15 is 4.57 Å². The smallest absolute Gasteiger partial charge is 0.178 e. The second-order valence-electron chi connectivity index (χ2n) is 9.09. The summed E-state index contributed by atoms with van der Waals surface area (Å²) >= 11 is 0. The minimum absolute atomic E-state index is 0.480. The zero-order chi connectivity index (χ0) is 26.2. The van der Waals surface area contributed by atoms with Crippen LogP contribution in [0.3, 0.4) is 0 Å². The summed E-state index contributed by atoms with van der Waals surface area (Å²) in [7, 11) is -3.24. The van der Waals surface area contributed by atoms with E-state index in [0.29, 0.717) is 39.6 Å². The van der Waals surface area contributed by atoms with Gasteiger partial charge < -0.3 is 9.30 Å². The first-order valence-electron chi connectivity index (χ1n) is 12.5. The molecule has 5 nitrogen and oxygen atoms in total. The van der Waals surface area contributed by atoms with E-state index in [2.05, 4.69) is 11.5 Å². The molecule has 4 aromatic carbocycles. The Morgan fingerprint density at radius 1 is 0.615 bits per heavy atom. The highest BCUT2D eigenvalue weighted by atomic mass is 31.2. The van der Waals surface area contributed by atoms with Crippen molar-refractivity contribution in [3.05, 3.63) is 139 Å². The Labute approximate surface area is 225 Å². The number of aromatic nitrogens is 3. The zero-order valence-corrected chi connectivity index (χ0v) is 21.5. The van der Waals surface area contributed by atoms with Crippen LogP contribution in [0.25, 0.3) is 28.3 Å². The van der Waals surface area contributed by atoms with Gasteiger partial charge in [0.2, 0.25) is 0 Å². The van der Waals surface area contributed by atoms with E-state index in [1.54, 1.807) is 12.2 Å². The second-order valence-corrected chi connectivity index (χ2v) is 11.8. The van der Waals surface area contributed by atoms with Gasteiger partial charge in [-0.2, -0.15) is 0 Å². The molecule has 6 heteroatoms. The molecular formula is C33H20N3O2P. The summed E-state index contributed by atoms with van der Waals surface area (Å²) < 4.78 is 21.3. The molecule has 1 aliphatic heterocycles. The van der Waals surface area contributed by atoms with E-state index in [0.717, 1.165) is 22.0 Å². The Kier molecular flexibility index (Phi) is 5.55. The first-order chi connectivity index (χ1) is 19.2. The quantitative estimate of drug-likeness (QED) is 0.204. The molecule has 7 rings (SSSR count). The number of ether oxygens (including phenoxy) is 1. The Morgan fingerprint density at radius 3 is 2.05 bits per heavy atom. The molecule has 1 atom stereocenters. The fraction of sp³-hybridized carbons (Fsp3) is 0. The average Bonchev–Trinajstić information content (AvgIpc) is 3.02. The summed E-state index contributed by atoms with van der Waals surface area (Å²) in [4.78, 5) is 14.4. The predicted molar refractivity (Wildman–Crippen MR) is 154 cm³/mol. The molecule has 1 aromatic heterocycles. The second kappa shape index (κ2) is 9.36. The van der Waals surface area contributed by atoms with Crippen LogP contribution in [0.1, 0.15) is 5.82 Å². The summed E-state index contributed by atoms with van der Waals surface area (Å²) in [6, 6.07) is 32.6. The highest BCUT2D eigenvalue weighted by Gasteiger charge is 2.39. The molecule has 0 amide bonds. The molecule has 184 valence electrons. The Hall–Kier alpha value is -5.04. The average molecular weight is 522 g/mol. The molecule has 5 aromatic rings. The molecule has 1 unspecified atom stereocenters. The van der Waals surface area contributed by atoms with Crippen molar-refractivity contribution in [2.75, 3.05) is 0 Å². The SMILES string of the molecule is O=P1(c2ccccc2)c2ccccc2Oc2ccc(-c3nc(C4=CC=C=C=C4)nc(-c4ccccc4)n3)cc21. The molecule has 2 aliphatic rings. The highest BCUT2D eigenvalue weighted by Crippen LogP contribution is 2.51. The lowest BCUT2D eigenvalue weighted by Gasteiger charge is -2.29. The molecule has 0 saturated heterocycles. The summed E-state index contributed by atoms with van der Waals surface area (Å²) in [6.45, 7) is 0. The summed E-state index contributed by atoms with van der Waals surface area (Å²) in [5, 5.41) is 2.05. The monoisotopic (exact) mass is 521 g/mol. The van der Waals surface area contributed by atoms with Gasteiger partial charge in [-0.3, -0.25) is 0 Å². The normalized spacial score (nSPS) is 16.7. The maximum Gasteiger partial charge on any atom is 0.178 e. The topological polar surface area (TPSA) is 65.0 Å². The van der Waals surface area contributed by atoms with Gasteiger partial charge in [0.05, 0.1) is 10.6 Å². The lowest BCUT2D eigenvalue weighted by molar-refractivity contribution is 0.485. The van der Waals surface area contributed by atoms with Gasteiger partial charge in [-0.1, -0.05) is 84.3 Å². The van der Waals surface area contributed by atoms with E-state index in [1.165, 1.54) is 0 Å². The number of rotatable bonds is 4. The summed E-state index contributed by atoms with van der Waals surface area (Å²) in [6.07, 6.45) is 5.48. The summed E-state index contributed by atoms with van der Waals surface area (Å²) in [5.41, 5.74) is 8.30. The number of benzene rings is 4. The van der Waals surface area contributed by atoms with Gasteiger partial charge in [-0.15, -0.1) is 0 Å². The largest absolute Gasteiger partial charge is 0.456 e. The lowest BCUT2D eigenvalue weighted by atomic mass is 10.1. The Balaban J connectivity index is 1.44. The maximum atomic E-state index is 15.1. The molecular weight excluding hydrogens is 501 g/mol. The Bertz CT molecular complexity index is 1940. The number of para-hydroxylation sites is 1. The van der Waals surface area contributed by atoms with Crippen LogP contribution in [-0.4, -0.2) is 15.0 Å². The van der Waals surface area contributed by atoms with Crippen molar-refractivity contribution in [2.24, 2.45) is 0 Å². The molecule has 1 aliphatic carbocycles. The fourth-order valence-electron chi connectivity index (χ4n) is 4.79. The molecule has 0 bridgehead atoms. The van der Waals surface area contributed by atoms with Gasteiger partial charge in [0, 0.05) is 22.0 Å². The molecule has 0 fully saturated rings. The van der Waals surface area contributed by atoms with Crippen molar-refractivity contribution in [2.45, 2.75) is 0 Å². The molecule has 0 N–H and O–H groups in total. The van der Waals surface area contributed by atoms with Crippen LogP contribution in [0, 0.1) is 0 Å². The van der Waals surface area contributed by atoms with Gasteiger partial charge in [0.25, 0.3) is 0 Å². The van der Waals surface area contributed by atoms with E-state index < -0.39 is 7.14 Å². The third kappa shape index (κ3) is 3.99. The maximum absolute atomic E-state index is 15.1. The number of allylic oxidation sites excluding steroid dienone is 4. The van der Waals surface area contributed by atoms with Crippen LogP contribution in [0.5, 0.6) is 11.5 Å². The van der Waals surface area contributed by atoms with Gasteiger partial charge in [0.15, 0.2) is 24.6 Å². The number of fused-ring (bicyclic) bond motifs is 2. The minimum Gasteiger partial charge on any atom is -0.456 e. The summed E-state index contributed by atoms with van der Waals surface area (Å²) in [5.74, 6) is 2.72. The highest BCUT2D eigenvalue weighted by molar-refractivity contribution is 7.85. The molecule has 0 spiro atoms. The first-order valence-corrected chi connectivity index (χ1v) is 14.2. The van der Waals surface area contributed by atoms with Crippen molar-refractivity contribution in [3.63, 3.8) is 0 Å². The van der Waals surface area contributed by atoms with Crippen LogP contribution in [0.2, 0.25) is 0 Å². The standard InChI is InChI=1S/C33H20N3O2P/c37-39(26-16-8-3-9-17-26)29-19-11-10-18-27(29)38-28-21-20-25(22-30(28)39)33-35-31(23-12-4-1-5-13-23)34-32(36-33)24-14-6-2-7-15-24/h1,3-6,8-22H. The van der Waals surface area contributed by atoms with Crippen molar-refractivity contribution < 1.29 is 9.30 Å². The van der Waals surface area contributed by atoms with Crippen molar-refractivity contribution in [1.29, 1.82) is 0 Å². The van der Waals surface area contributed by atoms with E-state index in [4.69, 9.17) is 19.7 Å². The molecule has 0 radical (unpaired) electrons. The molecule has 0 saturated carbocycles. The predicted octanol–water partition coefficient (Wildman–Crippen LogP) is 6.21. The van der Waals surface area contributed by atoms with Crippen molar-refractivity contribution >= 4 is 28.6 Å².